The van der Waals surface area contributed by atoms with Crippen molar-refractivity contribution < 1.29 is 25.9 Å². The molecule has 4 heteroatoms. The van der Waals surface area contributed by atoms with Crippen LogP contribution in [-0.2, 0) is 25.9 Å². The van der Waals surface area contributed by atoms with E-state index in [9.17, 15) is 0 Å². The molecule has 3 nitrogen and oxygen atoms in total. The topological polar surface area (TPSA) is 34.0 Å². The van der Waals surface area contributed by atoms with Crippen LogP contribution in [0.25, 0.3) is 0 Å². The summed E-state index contributed by atoms with van der Waals surface area (Å²) in [6, 6.07) is 0. The van der Waals surface area contributed by atoms with E-state index in [0.29, 0.717) is 6.61 Å². The number of hydrogen-bond donors (Lipinski definition) is 0. The van der Waals surface area contributed by atoms with Crippen molar-refractivity contribution in [1.82, 2.24) is 0 Å². The molecule has 1 aliphatic heterocycles. The fraction of sp³-hybridized carbons (Fsp3) is 1.00. The van der Waals surface area contributed by atoms with Gasteiger partial charge in [0.1, 0.15) is 13.2 Å². The summed E-state index contributed by atoms with van der Waals surface area (Å²) < 4.78 is 0. The molecule has 0 unspecified atom stereocenters. The number of nitrogens with zero attached hydrogens (tertiary/aromatic N) is 2. The molecule has 0 bridgehead atoms. The van der Waals surface area contributed by atoms with Gasteiger partial charge in [-0.1, -0.05) is 0 Å². The normalized spacial score (nSPS) is 16.0. The van der Waals surface area contributed by atoms with Crippen molar-refractivity contribution in [2.45, 2.75) is 0 Å². The van der Waals surface area contributed by atoms with Crippen molar-refractivity contribution in [3.05, 3.63) is 0 Å². The first-order valence-corrected chi connectivity index (χ1v) is 1.49. The molecule has 1 aliphatic rings. The molecule has 36 valence electrons. The first-order chi connectivity index (χ1) is 2.50. The Kier molecular flexibility index (Phi) is 3.33. The molecular weight excluding hydrogens is 263 g/mol. The second kappa shape index (κ2) is 3.28. The van der Waals surface area contributed by atoms with Crippen molar-refractivity contribution >= 4 is 0 Å². The average Bonchev–Trinajstić information content (AvgIpc) is 1.76. The van der Waals surface area contributed by atoms with Gasteiger partial charge in [0.05, 0.1) is 0 Å². The molecule has 0 aromatic rings. The second-order valence-electron chi connectivity index (χ2n) is 0.780. The van der Waals surface area contributed by atoms with Gasteiger partial charge in [0.25, 0.3) is 0 Å². The summed E-state index contributed by atoms with van der Waals surface area (Å²) >= 11 is 0. The van der Waals surface area contributed by atoms with Crippen LogP contribution in [0.15, 0.2) is 10.4 Å². The fourth-order valence-corrected chi connectivity index (χ4v) is 0.204. The Morgan fingerprint density at radius 1 is 1.50 bits per heavy atom. The van der Waals surface area contributed by atoms with E-state index in [1.165, 1.54) is 0 Å². The maximum atomic E-state index is 4.40. The maximum absolute atomic E-state index is 4.40. The van der Waals surface area contributed by atoms with E-state index in [4.69, 9.17) is 0 Å². The van der Waals surface area contributed by atoms with Gasteiger partial charge in [-0.2, -0.15) is 5.11 Å². The predicted octanol–water partition coefficient (Wildman–Crippen LogP) is 0.381. The minimum Gasteiger partial charge on any atom is -0.378 e. The van der Waals surface area contributed by atoms with E-state index in [2.05, 4.69) is 15.2 Å². The molecule has 0 saturated carbocycles. The summed E-state index contributed by atoms with van der Waals surface area (Å²) in [6.07, 6.45) is 0. The Morgan fingerprint density at radius 3 is 2.50 bits per heavy atom. The van der Waals surface area contributed by atoms with Crippen LogP contribution in [0.1, 0.15) is 0 Å². The van der Waals surface area contributed by atoms with Crippen molar-refractivity contribution in [3.63, 3.8) is 0 Å². The zero-order valence-electron chi connectivity index (χ0n) is 3.03. The van der Waals surface area contributed by atoms with E-state index >= 15 is 0 Å². The Bertz CT molecular complexity index is 49.5. The van der Waals surface area contributed by atoms with Crippen molar-refractivity contribution in [2.75, 3.05) is 13.2 Å². The van der Waals surface area contributed by atoms with Gasteiger partial charge in [0.2, 0.25) is 0 Å². The second-order valence-corrected chi connectivity index (χ2v) is 0.780. The number of hydrogen-bond acceptors (Lipinski definition) is 3. The van der Waals surface area contributed by atoms with Gasteiger partial charge < -0.3 is 4.84 Å². The third kappa shape index (κ3) is 1.51. The smallest absolute Gasteiger partial charge is 0.378 e. The molecule has 0 fully saturated rings. The largest absolute Gasteiger partial charge is 2.00 e. The summed E-state index contributed by atoms with van der Waals surface area (Å²) in [6.45, 7) is 1.40. The van der Waals surface area contributed by atoms with Crippen LogP contribution < -0.4 is 0 Å². The molecule has 0 spiro atoms. The fourth-order valence-electron chi connectivity index (χ4n) is 0.204. The van der Waals surface area contributed by atoms with Crippen molar-refractivity contribution in [2.24, 2.45) is 10.4 Å². The van der Waals surface area contributed by atoms with Gasteiger partial charge in [-0.15, -0.1) is 0 Å². The van der Waals surface area contributed by atoms with Crippen LogP contribution in [0.2, 0.25) is 0 Å². The van der Waals surface area contributed by atoms with E-state index < -0.39 is 0 Å². The maximum Gasteiger partial charge on any atom is 2.00 e. The SMILES string of the molecule is C1CON=N1.[Pt+2]. The Balaban J connectivity index is 0.000000250. The van der Waals surface area contributed by atoms with Gasteiger partial charge >= 0.3 is 21.1 Å². The van der Waals surface area contributed by atoms with Crippen LogP contribution in [0.5, 0.6) is 0 Å². The Morgan fingerprint density at radius 2 is 2.33 bits per heavy atom. The molecule has 1 rings (SSSR count). The summed E-state index contributed by atoms with van der Waals surface area (Å²) in [7, 11) is 0. The summed E-state index contributed by atoms with van der Waals surface area (Å²) in [5.74, 6) is 0. The molecule has 0 aliphatic carbocycles. The average molecular weight is 267 g/mol. The molecule has 0 aromatic carbocycles. The van der Waals surface area contributed by atoms with Gasteiger partial charge in [0, 0.05) is 5.28 Å². The van der Waals surface area contributed by atoms with E-state index in [1.54, 1.807) is 0 Å². The third-order valence-electron chi connectivity index (χ3n) is 0.398. The first-order valence-electron chi connectivity index (χ1n) is 1.49. The molecule has 0 N–H and O–H groups in total. The minimum absolute atomic E-state index is 0. The zero-order chi connectivity index (χ0) is 3.54. The van der Waals surface area contributed by atoms with E-state index in [0.717, 1.165) is 6.54 Å². The van der Waals surface area contributed by atoms with Gasteiger partial charge in [-0.25, -0.2) is 0 Å². The van der Waals surface area contributed by atoms with E-state index in [1.807, 2.05) is 0 Å². The molecule has 0 aromatic heterocycles. The summed E-state index contributed by atoms with van der Waals surface area (Å²) in [5, 5.41) is 6.69. The minimum atomic E-state index is 0. The number of rotatable bonds is 0. The Hall–Kier alpha value is 0.0883. The molecule has 6 heavy (non-hydrogen) atoms. The summed E-state index contributed by atoms with van der Waals surface area (Å²) in [5.41, 5.74) is 0. The van der Waals surface area contributed by atoms with E-state index in [-0.39, 0.29) is 21.1 Å². The van der Waals surface area contributed by atoms with Crippen LogP contribution in [-0.4, -0.2) is 13.2 Å². The standard InChI is InChI=1S/C2H4N2O.Pt/c1-2-5-4-3-1;/h1-2H2;/q;+2. The van der Waals surface area contributed by atoms with Crippen molar-refractivity contribution in [3.8, 4) is 0 Å². The molecule has 1 heterocycles. The van der Waals surface area contributed by atoms with Gasteiger partial charge in [0.15, 0.2) is 0 Å². The van der Waals surface area contributed by atoms with Crippen molar-refractivity contribution in [1.29, 1.82) is 0 Å². The monoisotopic (exact) mass is 267 g/mol. The van der Waals surface area contributed by atoms with Crippen LogP contribution in [0.4, 0.5) is 0 Å². The first kappa shape index (κ1) is 6.09. The summed E-state index contributed by atoms with van der Waals surface area (Å²) in [4.78, 5) is 4.40. The van der Waals surface area contributed by atoms with Crippen LogP contribution >= 0.6 is 0 Å². The van der Waals surface area contributed by atoms with Gasteiger partial charge in [-0.05, 0) is 0 Å². The third-order valence-corrected chi connectivity index (χ3v) is 0.398. The molecule has 0 radical (unpaired) electrons. The van der Waals surface area contributed by atoms with Crippen LogP contribution in [0.3, 0.4) is 0 Å². The predicted molar refractivity (Wildman–Crippen MR) is 15.7 cm³/mol. The zero-order valence-corrected chi connectivity index (χ0v) is 5.31. The van der Waals surface area contributed by atoms with Gasteiger partial charge in [-0.3, -0.25) is 0 Å². The molecular formula is C2H4N2OPt+2. The molecule has 0 saturated heterocycles. The molecule has 0 atom stereocenters. The quantitative estimate of drug-likeness (QED) is 0.625. The molecule has 0 amide bonds. The van der Waals surface area contributed by atoms with Crippen LogP contribution in [0, 0.1) is 0 Å². The Labute approximate surface area is 50.0 Å².